The number of benzene rings is 1. The fraction of sp³-hybridized carbons (Fsp3) is 0.400. The molecule has 0 saturated carbocycles. The van der Waals surface area contributed by atoms with E-state index in [4.69, 9.17) is 16.3 Å². The molecule has 2 rings (SSSR count). The molecule has 7 heteroatoms. The average Bonchev–Trinajstić information content (AvgIpc) is 3.06. The van der Waals surface area contributed by atoms with Crippen LogP contribution >= 0.6 is 11.6 Å². The minimum absolute atomic E-state index is 0.129. The number of hydrogen-bond donors (Lipinski definition) is 1. The molecule has 6 nitrogen and oxygen atoms in total. The minimum atomic E-state index is -0.438. The lowest BCUT2D eigenvalue weighted by Crippen LogP contribution is -2.42. The van der Waals surface area contributed by atoms with Crippen LogP contribution in [0.4, 0.5) is 4.79 Å². The van der Waals surface area contributed by atoms with Crippen LogP contribution in [0.2, 0.25) is 5.02 Å². The van der Waals surface area contributed by atoms with Crippen LogP contribution in [0.5, 0.6) is 0 Å². The molecule has 0 bridgehead atoms. The molecule has 2 amide bonds. The van der Waals surface area contributed by atoms with Crippen molar-refractivity contribution in [3.05, 3.63) is 58.9 Å². The normalized spacial score (nSPS) is 10.5. The number of carbonyl (C=O) groups is 2. The molecule has 0 aliphatic rings. The van der Waals surface area contributed by atoms with Gasteiger partial charge in [0.15, 0.2) is 0 Å². The molecular weight excluding hydrogens is 366 g/mol. The summed E-state index contributed by atoms with van der Waals surface area (Å²) in [6, 6.07) is 11.4. The van der Waals surface area contributed by atoms with Gasteiger partial charge in [-0.1, -0.05) is 30.7 Å². The van der Waals surface area contributed by atoms with Gasteiger partial charge in [-0.25, -0.2) is 4.79 Å². The van der Waals surface area contributed by atoms with Crippen molar-refractivity contribution in [1.82, 2.24) is 14.8 Å². The molecule has 146 valence electrons. The van der Waals surface area contributed by atoms with Gasteiger partial charge in [0.05, 0.1) is 13.2 Å². The van der Waals surface area contributed by atoms with Gasteiger partial charge in [0.2, 0.25) is 0 Å². The number of aromatic nitrogens is 1. The monoisotopic (exact) mass is 391 g/mol. The van der Waals surface area contributed by atoms with Gasteiger partial charge in [0, 0.05) is 30.0 Å². The largest absolute Gasteiger partial charge is 0.465 e. The molecule has 0 aliphatic carbocycles. The van der Waals surface area contributed by atoms with Crippen molar-refractivity contribution in [3.8, 4) is 0 Å². The van der Waals surface area contributed by atoms with Crippen LogP contribution in [0.1, 0.15) is 31.5 Å². The Bertz CT molecular complexity index is 760. The SMILES string of the molecule is CCCN(Cc1cccn1Cc1cccc(Cl)c1)C(=O)NCC(=O)OCC. The Hall–Kier alpha value is -2.47. The highest BCUT2D eigenvalue weighted by molar-refractivity contribution is 6.30. The number of rotatable bonds is 9. The highest BCUT2D eigenvalue weighted by Crippen LogP contribution is 2.15. The smallest absolute Gasteiger partial charge is 0.325 e. The summed E-state index contributed by atoms with van der Waals surface area (Å²) in [5.41, 5.74) is 2.10. The Labute approximate surface area is 165 Å². The highest BCUT2D eigenvalue weighted by atomic mass is 35.5. The van der Waals surface area contributed by atoms with Gasteiger partial charge in [0.25, 0.3) is 0 Å². The quantitative estimate of drug-likeness (QED) is 0.663. The summed E-state index contributed by atoms with van der Waals surface area (Å²) in [6.07, 6.45) is 2.80. The summed E-state index contributed by atoms with van der Waals surface area (Å²) < 4.78 is 6.94. The Balaban J connectivity index is 2.02. The van der Waals surface area contributed by atoms with Crippen LogP contribution in [0.15, 0.2) is 42.6 Å². The molecule has 27 heavy (non-hydrogen) atoms. The fourth-order valence-electron chi connectivity index (χ4n) is 2.77. The number of urea groups is 1. The summed E-state index contributed by atoms with van der Waals surface area (Å²) in [4.78, 5) is 25.6. The van der Waals surface area contributed by atoms with E-state index in [1.807, 2.05) is 49.5 Å². The summed E-state index contributed by atoms with van der Waals surface area (Å²) in [6.45, 7) is 5.63. The van der Waals surface area contributed by atoms with Gasteiger partial charge in [-0.15, -0.1) is 0 Å². The number of nitrogens with zero attached hydrogens (tertiary/aromatic N) is 2. The highest BCUT2D eigenvalue weighted by Gasteiger charge is 2.16. The first-order chi connectivity index (χ1) is 13.0. The molecule has 0 aliphatic heterocycles. The minimum Gasteiger partial charge on any atom is -0.465 e. The van der Waals surface area contributed by atoms with E-state index in [-0.39, 0.29) is 12.6 Å². The van der Waals surface area contributed by atoms with Crippen molar-refractivity contribution >= 4 is 23.6 Å². The molecule has 1 heterocycles. The van der Waals surface area contributed by atoms with E-state index in [9.17, 15) is 9.59 Å². The number of hydrogen-bond acceptors (Lipinski definition) is 3. The van der Waals surface area contributed by atoms with Crippen LogP contribution in [0.3, 0.4) is 0 Å². The molecule has 0 unspecified atom stereocenters. The predicted octanol–water partition coefficient (Wildman–Crippen LogP) is 3.67. The number of nitrogens with one attached hydrogen (secondary N) is 1. The first-order valence-electron chi connectivity index (χ1n) is 9.10. The van der Waals surface area contributed by atoms with Gasteiger partial charge in [0.1, 0.15) is 6.54 Å². The van der Waals surface area contributed by atoms with Crippen molar-refractivity contribution in [2.75, 3.05) is 19.7 Å². The number of esters is 1. The number of amides is 2. The second kappa shape index (κ2) is 10.6. The summed E-state index contributed by atoms with van der Waals surface area (Å²) >= 11 is 6.07. The first kappa shape index (κ1) is 20.8. The zero-order valence-corrected chi connectivity index (χ0v) is 16.5. The number of halogens is 1. The lowest BCUT2D eigenvalue weighted by Gasteiger charge is -2.23. The molecule has 1 aromatic heterocycles. The van der Waals surface area contributed by atoms with E-state index in [1.165, 1.54) is 0 Å². The average molecular weight is 392 g/mol. The lowest BCUT2D eigenvalue weighted by atomic mass is 10.2. The molecule has 2 aromatic rings. The lowest BCUT2D eigenvalue weighted by molar-refractivity contribution is -0.141. The Morgan fingerprint density at radius 2 is 2.04 bits per heavy atom. The summed E-state index contributed by atoms with van der Waals surface area (Å²) in [5.74, 6) is -0.438. The Kier molecular flexibility index (Phi) is 8.20. The fourth-order valence-corrected chi connectivity index (χ4v) is 2.98. The molecule has 0 fully saturated rings. The first-order valence-corrected chi connectivity index (χ1v) is 9.48. The van der Waals surface area contributed by atoms with Gasteiger partial charge in [-0.2, -0.15) is 0 Å². The van der Waals surface area contributed by atoms with E-state index in [0.717, 1.165) is 17.7 Å². The maximum atomic E-state index is 12.5. The van der Waals surface area contributed by atoms with Crippen molar-refractivity contribution in [3.63, 3.8) is 0 Å². The third-order valence-corrected chi connectivity index (χ3v) is 4.22. The topological polar surface area (TPSA) is 63.6 Å². The zero-order valence-electron chi connectivity index (χ0n) is 15.8. The maximum Gasteiger partial charge on any atom is 0.325 e. The van der Waals surface area contributed by atoms with Crippen molar-refractivity contribution in [2.24, 2.45) is 0 Å². The van der Waals surface area contributed by atoms with E-state index in [1.54, 1.807) is 11.8 Å². The third-order valence-electron chi connectivity index (χ3n) is 3.99. The van der Waals surface area contributed by atoms with E-state index in [2.05, 4.69) is 9.88 Å². The Morgan fingerprint density at radius 3 is 2.74 bits per heavy atom. The second-order valence-electron chi connectivity index (χ2n) is 6.14. The van der Waals surface area contributed by atoms with Crippen LogP contribution in [-0.2, 0) is 22.6 Å². The number of ether oxygens (including phenoxy) is 1. The summed E-state index contributed by atoms with van der Waals surface area (Å²) in [7, 11) is 0. The molecule has 1 N–H and O–H groups in total. The van der Waals surface area contributed by atoms with Crippen LogP contribution in [0.25, 0.3) is 0 Å². The third kappa shape index (κ3) is 6.64. The van der Waals surface area contributed by atoms with Gasteiger partial charge >= 0.3 is 12.0 Å². The van der Waals surface area contributed by atoms with Crippen molar-refractivity contribution in [1.29, 1.82) is 0 Å². The van der Waals surface area contributed by atoms with Crippen molar-refractivity contribution in [2.45, 2.75) is 33.4 Å². The number of carbonyl (C=O) groups excluding carboxylic acids is 2. The van der Waals surface area contributed by atoms with E-state index >= 15 is 0 Å². The Morgan fingerprint density at radius 1 is 1.22 bits per heavy atom. The van der Waals surface area contributed by atoms with Crippen LogP contribution in [-0.4, -0.2) is 41.2 Å². The summed E-state index contributed by atoms with van der Waals surface area (Å²) in [5, 5.41) is 3.33. The molecule has 0 atom stereocenters. The maximum absolute atomic E-state index is 12.5. The zero-order chi connectivity index (χ0) is 19.6. The predicted molar refractivity (Wildman–Crippen MR) is 106 cm³/mol. The van der Waals surface area contributed by atoms with Crippen molar-refractivity contribution < 1.29 is 14.3 Å². The van der Waals surface area contributed by atoms with Gasteiger partial charge in [-0.3, -0.25) is 4.79 Å². The standard InChI is InChI=1S/C20H26ClN3O3/c1-3-10-24(20(26)22-13-19(25)27-4-2)15-18-9-6-11-23(18)14-16-7-5-8-17(21)12-16/h5-9,11-12H,3-4,10,13-15H2,1-2H3,(H,22,26). The molecule has 0 saturated heterocycles. The van der Waals surface area contributed by atoms with E-state index in [0.29, 0.717) is 31.3 Å². The molecule has 0 radical (unpaired) electrons. The van der Waals surface area contributed by atoms with Gasteiger partial charge < -0.3 is 19.5 Å². The molecular formula is C20H26ClN3O3. The second-order valence-corrected chi connectivity index (χ2v) is 6.58. The van der Waals surface area contributed by atoms with Crippen LogP contribution in [0, 0.1) is 0 Å². The molecule has 1 aromatic carbocycles. The van der Waals surface area contributed by atoms with Gasteiger partial charge in [-0.05, 0) is 43.2 Å². The van der Waals surface area contributed by atoms with E-state index < -0.39 is 5.97 Å². The van der Waals surface area contributed by atoms with Crippen LogP contribution < -0.4 is 5.32 Å². The molecule has 0 spiro atoms.